The summed E-state index contributed by atoms with van der Waals surface area (Å²) in [7, 11) is 0. The second-order valence-corrected chi connectivity index (χ2v) is 4.37. The van der Waals surface area contributed by atoms with Crippen molar-refractivity contribution in [2.45, 2.75) is 6.42 Å². The molecule has 2 aromatic rings. The maximum absolute atomic E-state index is 11.8. The molecule has 0 heterocycles. The zero-order chi connectivity index (χ0) is 13.7. The summed E-state index contributed by atoms with van der Waals surface area (Å²) < 4.78 is 5.17. The number of hydrogen-bond donors (Lipinski definition) is 0. The molecule has 0 bridgehead atoms. The molecule has 0 aliphatic rings. The zero-order valence-electron chi connectivity index (χ0n) is 10.0. The van der Waals surface area contributed by atoms with E-state index in [0.29, 0.717) is 11.3 Å². The summed E-state index contributed by atoms with van der Waals surface area (Å²) >= 11 is 5.76. The first-order chi connectivity index (χ1) is 9.19. The van der Waals surface area contributed by atoms with Crippen LogP contribution in [0.4, 0.5) is 0 Å². The predicted molar refractivity (Wildman–Crippen MR) is 72.6 cm³/mol. The van der Waals surface area contributed by atoms with Crippen molar-refractivity contribution in [2.75, 3.05) is 0 Å². The third kappa shape index (κ3) is 3.66. The highest BCUT2D eigenvalue weighted by molar-refractivity contribution is 6.30. The van der Waals surface area contributed by atoms with Gasteiger partial charge < -0.3 is 4.74 Å². The molecule has 0 N–H and O–H groups in total. The Labute approximate surface area is 115 Å². The molecule has 0 aliphatic heterocycles. The van der Waals surface area contributed by atoms with Crippen molar-refractivity contribution in [3.63, 3.8) is 0 Å². The number of hydrogen-bond acceptors (Lipinski definition) is 3. The molecular weight excluding hydrogens is 264 g/mol. The summed E-state index contributed by atoms with van der Waals surface area (Å²) in [5.74, 6) is -0.197. The molecule has 96 valence electrons. The predicted octanol–water partition coefficient (Wildman–Crippen LogP) is 3.30. The zero-order valence-corrected chi connectivity index (χ0v) is 10.8. The van der Waals surface area contributed by atoms with Crippen LogP contribution in [0.2, 0.25) is 5.02 Å². The normalized spacial score (nSPS) is 9.95. The van der Waals surface area contributed by atoms with E-state index >= 15 is 0 Å². The van der Waals surface area contributed by atoms with Gasteiger partial charge in [-0.1, -0.05) is 41.9 Å². The van der Waals surface area contributed by atoms with Crippen LogP contribution in [0, 0.1) is 0 Å². The lowest BCUT2D eigenvalue weighted by Crippen LogP contribution is -2.12. The summed E-state index contributed by atoms with van der Waals surface area (Å²) in [4.78, 5) is 22.6. The van der Waals surface area contributed by atoms with Gasteiger partial charge in [-0.25, -0.2) is 0 Å². The van der Waals surface area contributed by atoms with Crippen molar-refractivity contribution in [3.8, 4) is 5.75 Å². The van der Waals surface area contributed by atoms with Crippen molar-refractivity contribution in [2.24, 2.45) is 0 Å². The second-order valence-electron chi connectivity index (χ2n) is 3.94. The molecule has 0 aromatic heterocycles. The summed E-state index contributed by atoms with van der Waals surface area (Å²) in [6, 6.07) is 13.8. The Morgan fingerprint density at radius 2 is 1.89 bits per heavy atom. The van der Waals surface area contributed by atoms with Crippen LogP contribution in [0.25, 0.3) is 0 Å². The molecule has 3 nitrogen and oxygen atoms in total. The van der Waals surface area contributed by atoms with Gasteiger partial charge in [-0.2, -0.15) is 0 Å². The van der Waals surface area contributed by atoms with E-state index in [1.165, 1.54) is 12.1 Å². The van der Waals surface area contributed by atoms with E-state index in [4.69, 9.17) is 16.3 Å². The van der Waals surface area contributed by atoms with Gasteiger partial charge in [0.1, 0.15) is 5.75 Å². The Morgan fingerprint density at radius 3 is 2.58 bits per heavy atom. The van der Waals surface area contributed by atoms with Gasteiger partial charge in [0, 0.05) is 5.02 Å². The van der Waals surface area contributed by atoms with E-state index in [1.807, 2.05) is 30.3 Å². The smallest absolute Gasteiger partial charge is 0.315 e. The molecule has 0 saturated carbocycles. The lowest BCUT2D eigenvalue weighted by molar-refractivity contribution is -0.133. The van der Waals surface area contributed by atoms with Crippen LogP contribution >= 0.6 is 11.6 Å². The van der Waals surface area contributed by atoms with Gasteiger partial charge >= 0.3 is 5.97 Å². The molecule has 0 atom stereocenters. The van der Waals surface area contributed by atoms with Gasteiger partial charge in [0.05, 0.1) is 12.0 Å². The number of aldehydes is 1. The molecule has 2 aromatic carbocycles. The number of ether oxygens (including phenoxy) is 1. The van der Waals surface area contributed by atoms with Crippen molar-refractivity contribution in [3.05, 3.63) is 64.7 Å². The van der Waals surface area contributed by atoms with E-state index in [0.717, 1.165) is 5.56 Å². The van der Waals surface area contributed by atoms with Gasteiger partial charge in [0.25, 0.3) is 0 Å². The average molecular weight is 275 g/mol. The summed E-state index contributed by atoms with van der Waals surface area (Å²) in [6.07, 6.45) is 0.763. The number of halogens is 1. The molecule has 0 unspecified atom stereocenters. The van der Waals surface area contributed by atoms with Crippen LogP contribution in [0.15, 0.2) is 48.5 Å². The van der Waals surface area contributed by atoms with E-state index < -0.39 is 5.97 Å². The summed E-state index contributed by atoms with van der Waals surface area (Å²) in [5.41, 5.74) is 1.11. The van der Waals surface area contributed by atoms with E-state index in [9.17, 15) is 9.59 Å². The average Bonchev–Trinajstić information content (AvgIpc) is 2.42. The van der Waals surface area contributed by atoms with Gasteiger partial charge in [-0.15, -0.1) is 0 Å². The minimum Gasteiger partial charge on any atom is -0.426 e. The number of esters is 1. The van der Waals surface area contributed by atoms with Crippen molar-refractivity contribution >= 4 is 23.9 Å². The van der Waals surface area contributed by atoms with Crippen LogP contribution < -0.4 is 4.74 Å². The molecule has 0 aliphatic carbocycles. The molecule has 19 heavy (non-hydrogen) atoms. The quantitative estimate of drug-likeness (QED) is 0.488. The van der Waals surface area contributed by atoms with Crippen LogP contribution in [-0.4, -0.2) is 12.3 Å². The Kier molecular flexibility index (Phi) is 4.31. The first-order valence-corrected chi connectivity index (χ1v) is 6.06. The molecule has 0 amide bonds. The second kappa shape index (κ2) is 6.16. The first kappa shape index (κ1) is 13.3. The largest absolute Gasteiger partial charge is 0.426 e. The highest BCUT2D eigenvalue weighted by atomic mass is 35.5. The molecule has 0 radical (unpaired) electrons. The highest BCUT2D eigenvalue weighted by Crippen LogP contribution is 2.21. The van der Waals surface area contributed by atoms with Gasteiger partial charge in [-0.05, 0) is 23.8 Å². The number of rotatable bonds is 4. The molecule has 0 fully saturated rings. The Hall–Kier alpha value is -2.13. The van der Waals surface area contributed by atoms with E-state index in [1.54, 1.807) is 6.07 Å². The minimum atomic E-state index is -0.420. The van der Waals surface area contributed by atoms with Crippen molar-refractivity contribution in [1.82, 2.24) is 0 Å². The molecular formula is C15H11ClO3. The molecule has 0 saturated heterocycles. The SMILES string of the molecule is O=Cc1cc(Cl)ccc1OC(=O)Cc1ccccc1. The Morgan fingerprint density at radius 1 is 1.16 bits per heavy atom. The third-order valence-corrected chi connectivity index (χ3v) is 2.75. The van der Waals surface area contributed by atoms with E-state index in [2.05, 4.69) is 0 Å². The number of carbonyl (C=O) groups is 2. The lowest BCUT2D eigenvalue weighted by atomic mass is 10.1. The van der Waals surface area contributed by atoms with Crippen molar-refractivity contribution < 1.29 is 14.3 Å². The fourth-order valence-electron chi connectivity index (χ4n) is 1.63. The maximum atomic E-state index is 11.8. The fourth-order valence-corrected chi connectivity index (χ4v) is 1.81. The highest BCUT2D eigenvalue weighted by Gasteiger charge is 2.10. The summed E-state index contributed by atoms with van der Waals surface area (Å²) in [6.45, 7) is 0. The van der Waals surface area contributed by atoms with Gasteiger partial charge in [0.2, 0.25) is 0 Å². The topological polar surface area (TPSA) is 43.4 Å². The van der Waals surface area contributed by atoms with Gasteiger partial charge in [0.15, 0.2) is 6.29 Å². The van der Waals surface area contributed by atoms with Gasteiger partial charge in [-0.3, -0.25) is 9.59 Å². The minimum absolute atomic E-state index is 0.155. The number of benzene rings is 2. The fraction of sp³-hybridized carbons (Fsp3) is 0.0667. The monoisotopic (exact) mass is 274 g/mol. The first-order valence-electron chi connectivity index (χ1n) is 5.68. The van der Waals surface area contributed by atoms with Crippen LogP contribution in [0.1, 0.15) is 15.9 Å². The van der Waals surface area contributed by atoms with Crippen molar-refractivity contribution in [1.29, 1.82) is 0 Å². The van der Waals surface area contributed by atoms with Crippen LogP contribution in [0.5, 0.6) is 5.75 Å². The summed E-state index contributed by atoms with van der Waals surface area (Å²) in [5, 5.41) is 0.421. The lowest BCUT2D eigenvalue weighted by Gasteiger charge is -2.07. The van der Waals surface area contributed by atoms with Crippen LogP contribution in [0.3, 0.4) is 0 Å². The molecule has 0 spiro atoms. The Balaban J connectivity index is 2.09. The molecule has 4 heteroatoms. The Bertz CT molecular complexity index is 594. The van der Waals surface area contributed by atoms with E-state index in [-0.39, 0.29) is 17.7 Å². The number of carbonyl (C=O) groups excluding carboxylic acids is 2. The maximum Gasteiger partial charge on any atom is 0.315 e. The molecule has 2 rings (SSSR count). The standard InChI is InChI=1S/C15H11ClO3/c16-13-6-7-14(12(9-13)10-17)19-15(18)8-11-4-2-1-3-5-11/h1-7,9-10H,8H2. The third-order valence-electron chi connectivity index (χ3n) is 2.51. The van der Waals surface area contributed by atoms with Crippen LogP contribution in [-0.2, 0) is 11.2 Å².